The van der Waals surface area contributed by atoms with Crippen LogP contribution in [0.5, 0.6) is 0 Å². The predicted molar refractivity (Wildman–Crippen MR) is 80.0 cm³/mol. The molecule has 7 nitrogen and oxygen atoms in total. The Balaban J connectivity index is 1.90. The lowest BCUT2D eigenvalue weighted by atomic mass is 10.2. The minimum Gasteiger partial charge on any atom is -0.480 e. The first-order valence-corrected chi connectivity index (χ1v) is 7.22. The molecule has 0 radical (unpaired) electrons. The fourth-order valence-electron chi connectivity index (χ4n) is 2.48. The van der Waals surface area contributed by atoms with E-state index in [1.165, 1.54) is 4.90 Å². The lowest BCUT2D eigenvalue weighted by Gasteiger charge is -2.32. The van der Waals surface area contributed by atoms with E-state index in [2.05, 4.69) is 4.98 Å². The summed E-state index contributed by atoms with van der Waals surface area (Å²) in [5.41, 5.74) is 1.19. The summed E-state index contributed by atoms with van der Waals surface area (Å²) in [4.78, 5) is 29.5. The maximum absolute atomic E-state index is 12.7. The van der Waals surface area contributed by atoms with E-state index in [1.54, 1.807) is 6.92 Å². The Kier molecular flexibility index (Phi) is 4.12. The highest BCUT2D eigenvalue weighted by atomic mass is 16.5. The first-order valence-electron chi connectivity index (χ1n) is 7.22. The third-order valence-corrected chi connectivity index (χ3v) is 3.69. The molecule has 1 saturated heterocycles. The first kappa shape index (κ1) is 15.2. The standard InChI is InChI=1S/C16H16N2O5/c1-10-13(23-14(17-10)11-5-3-2-4-6-11)15(19)18-7-8-22-9-12(18)16(20)21/h2-6,12H,7-9H2,1H3,(H,20,21)/t12-/m0/s1. The summed E-state index contributed by atoms with van der Waals surface area (Å²) in [5.74, 6) is -1.17. The van der Waals surface area contributed by atoms with Gasteiger partial charge in [-0.1, -0.05) is 18.2 Å². The Morgan fingerprint density at radius 2 is 2.04 bits per heavy atom. The lowest BCUT2D eigenvalue weighted by molar-refractivity contribution is -0.147. The Labute approximate surface area is 132 Å². The summed E-state index contributed by atoms with van der Waals surface area (Å²) in [7, 11) is 0. The first-order chi connectivity index (χ1) is 11.1. The monoisotopic (exact) mass is 316 g/mol. The van der Waals surface area contributed by atoms with Crippen LogP contribution in [0.25, 0.3) is 11.5 Å². The van der Waals surface area contributed by atoms with E-state index in [9.17, 15) is 14.7 Å². The third-order valence-electron chi connectivity index (χ3n) is 3.69. The number of rotatable bonds is 3. The van der Waals surface area contributed by atoms with Gasteiger partial charge in [-0.05, 0) is 19.1 Å². The van der Waals surface area contributed by atoms with Crippen molar-refractivity contribution in [2.75, 3.05) is 19.8 Å². The molecule has 7 heteroatoms. The van der Waals surface area contributed by atoms with Crippen molar-refractivity contribution in [3.63, 3.8) is 0 Å². The molecule has 0 spiro atoms. The summed E-state index contributed by atoms with van der Waals surface area (Å²) in [6.07, 6.45) is 0. The van der Waals surface area contributed by atoms with Gasteiger partial charge in [0.15, 0.2) is 6.04 Å². The van der Waals surface area contributed by atoms with E-state index < -0.39 is 17.9 Å². The molecule has 2 aromatic rings. The van der Waals surface area contributed by atoms with Gasteiger partial charge in [0, 0.05) is 12.1 Å². The summed E-state index contributed by atoms with van der Waals surface area (Å²) in [5, 5.41) is 9.24. The zero-order chi connectivity index (χ0) is 16.4. The Morgan fingerprint density at radius 3 is 2.74 bits per heavy atom. The van der Waals surface area contributed by atoms with Gasteiger partial charge in [-0.2, -0.15) is 0 Å². The van der Waals surface area contributed by atoms with Crippen LogP contribution in [0, 0.1) is 6.92 Å². The van der Waals surface area contributed by atoms with Crippen molar-refractivity contribution in [1.82, 2.24) is 9.88 Å². The molecular weight excluding hydrogens is 300 g/mol. The van der Waals surface area contributed by atoms with Gasteiger partial charge in [-0.15, -0.1) is 0 Å². The zero-order valence-electron chi connectivity index (χ0n) is 12.6. The summed E-state index contributed by atoms with van der Waals surface area (Å²) < 4.78 is 10.8. The largest absolute Gasteiger partial charge is 0.480 e. The van der Waals surface area contributed by atoms with Crippen molar-refractivity contribution in [2.24, 2.45) is 0 Å². The SMILES string of the molecule is Cc1nc(-c2ccccc2)oc1C(=O)N1CCOC[C@H]1C(=O)O. The molecule has 0 saturated carbocycles. The summed E-state index contributed by atoms with van der Waals surface area (Å²) in [6.45, 7) is 2.14. The molecule has 1 fully saturated rings. The zero-order valence-corrected chi connectivity index (χ0v) is 12.6. The van der Waals surface area contributed by atoms with E-state index in [1.807, 2.05) is 30.3 Å². The smallest absolute Gasteiger partial charge is 0.328 e. The molecule has 1 aromatic carbocycles. The Bertz CT molecular complexity index is 725. The molecule has 0 aliphatic carbocycles. The number of aryl methyl sites for hydroxylation is 1. The molecule has 1 N–H and O–H groups in total. The van der Waals surface area contributed by atoms with Crippen LogP contribution in [0.1, 0.15) is 16.2 Å². The second-order valence-corrected chi connectivity index (χ2v) is 5.23. The van der Waals surface area contributed by atoms with Crippen molar-refractivity contribution in [2.45, 2.75) is 13.0 Å². The minimum absolute atomic E-state index is 0.0280. The topological polar surface area (TPSA) is 92.9 Å². The van der Waals surface area contributed by atoms with Crippen LogP contribution >= 0.6 is 0 Å². The number of hydrogen-bond donors (Lipinski definition) is 1. The second-order valence-electron chi connectivity index (χ2n) is 5.23. The molecule has 1 amide bonds. The van der Waals surface area contributed by atoms with Gasteiger partial charge >= 0.3 is 5.97 Å². The molecule has 0 unspecified atom stereocenters. The van der Waals surface area contributed by atoms with Crippen LogP contribution < -0.4 is 0 Å². The highest BCUT2D eigenvalue weighted by molar-refractivity contribution is 5.95. The van der Waals surface area contributed by atoms with Gasteiger partial charge in [-0.25, -0.2) is 9.78 Å². The predicted octanol–water partition coefficient (Wildman–Crippen LogP) is 1.58. The maximum atomic E-state index is 12.7. The van der Waals surface area contributed by atoms with Crippen LogP contribution in [0.15, 0.2) is 34.7 Å². The number of carboxylic acid groups (broad SMARTS) is 1. The fraction of sp³-hybridized carbons (Fsp3) is 0.312. The van der Waals surface area contributed by atoms with Crippen LogP contribution in [0.2, 0.25) is 0 Å². The average Bonchev–Trinajstić information content (AvgIpc) is 2.97. The van der Waals surface area contributed by atoms with E-state index in [-0.39, 0.29) is 18.9 Å². The van der Waals surface area contributed by atoms with Crippen LogP contribution in [0.3, 0.4) is 0 Å². The van der Waals surface area contributed by atoms with Crippen LogP contribution in [0.4, 0.5) is 0 Å². The van der Waals surface area contributed by atoms with Crippen molar-refractivity contribution in [3.8, 4) is 11.5 Å². The molecule has 23 heavy (non-hydrogen) atoms. The summed E-state index contributed by atoms with van der Waals surface area (Å²) in [6, 6.07) is 8.21. The number of amides is 1. The number of nitrogens with zero attached hydrogens (tertiary/aromatic N) is 2. The number of aliphatic carboxylic acids is 1. The lowest BCUT2D eigenvalue weighted by Crippen LogP contribution is -2.52. The molecule has 0 bridgehead atoms. The van der Waals surface area contributed by atoms with Gasteiger partial charge in [0.25, 0.3) is 5.91 Å². The van der Waals surface area contributed by atoms with Crippen molar-refractivity contribution in [1.29, 1.82) is 0 Å². The Morgan fingerprint density at radius 1 is 1.30 bits per heavy atom. The summed E-state index contributed by atoms with van der Waals surface area (Å²) >= 11 is 0. The minimum atomic E-state index is -1.10. The molecule has 120 valence electrons. The number of oxazole rings is 1. The van der Waals surface area contributed by atoms with E-state index in [0.29, 0.717) is 18.2 Å². The molecule has 1 atom stereocenters. The number of carboxylic acids is 1. The van der Waals surface area contributed by atoms with Gasteiger partial charge < -0.3 is 19.2 Å². The van der Waals surface area contributed by atoms with Crippen LogP contribution in [-0.4, -0.2) is 52.7 Å². The average molecular weight is 316 g/mol. The second kappa shape index (κ2) is 6.21. The van der Waals surface area contributed by atoms with E-state index in [4.69, 9.17) is 9.15 Å². The highest BCUT2D eigenvalue weighted by Crippen LogP contribution is 2.23. The van der Waals surface area contributed by atoms with Gasteiger partial charge in [0.05, 0.1) is 18.9 Å². The molecule has 1 aliphatic heterocycles. The van der Waals surface area contributed by atoms with Crippen molar-refractivity contribution in [3.05, 3.63) is 41.8 Å². The third kappa shape index (κ3) is 2.95. The van der Waals surface area contributed by atoms with Crippen molar-refractivity contribution < 1.29 is 23.8 Å². The molecule has 1 aliphatic rings. The molecule has 1 aromatic heterocycles. The number of ether oxygens (including phenoxy) is 1. The van der Waals surface area contributed by atoms with Gasteiger partial charge in [0.2, 0.25) is 11.7 Å². The number of benzene rings is 1. The van der Waals surface area contributed by atoms with E-state index >= 15 is 0 Å². The molecule has 2 heterocycles. The number of hydrogen-bond acceptors (Lipinski definition) is 5. The quantitative estimate of drug-likeness (QED) is 0.924. The number of aromatic nitrogens is 1. The number of morpholine rings is 1. The highest BCUT2D eigenvalue weighted by Gasteiger charge is 2.35. The van der Waals surface area contributed by atoms with Gasteiger partial charge in [0.1, 0.15) is 0 Å². The van der Waals surface area contributed by atoms with Gasteiger partial charge in [-0.3, -0.25) is 4.79 Å². The molecule has 3 rings (SSSR count). The maximum Gasteiger partial charge on any atom is 0.328 e. The molecular formula is C16H16N2O5. The fourth-order valence-corrected chi connectivity index (χ4v) is 2.48. The number of carbonyl (C=O) groups excluding carboxylic acids is 1. The van der Waals surface area contributed by atoms with Crippen molar-refractivity contribution >= 4 is 11.9 Å². The van der Waals surface area contributed by atoms with E-state index in [0.717, 1.165) is 5.56 Å². The normalized spacial score (nSPS) is 18.0. The number of carbonyl (C=O) groups is 2. The Hall–Kier alpha value is -2.67. The van der Waals surface area contributed by atoms with Crippen LogP contribution in [-0.2, 0) is 9.53 Å².